The summed E-state index contributed by atoms with van der Waals surface area (Å²) in [6.45, 7) is 0.495. The average Bonchev–Trinajstić information content (AvgIpc) is 3.09. The van der Waals surface area contributed by atoms with Gasteiger partial charge in [0.25, 0.3) is 0 Å². The highest BCUT2D eigenvalue weighted by Gasteiger charge is 2.60. The van der Waals surface area contributed by atoms with Crippen molar-refractivity contribution in [1.29, 1.82) is 0 Å². The number of nitrogens with zero attached hydrogens (tertiary/aromatic N) is 2. The summed E-state index contributed by atoms with van der Waals surface area (Å²) in [5.41, 5.74) is 1.70. The van der Waals surface area contributed by atoms with Gasteiger partial charge in [0.1, 0.15) is 12.6 Å². The molecule has 2 fully saturated rings. The number of carbonyl (C=O) groups excluding carboxylic acids is 2. The van der Waals surface area contributed by atoms with Gasteiger partial charge in [0.2, 0.25) is 5.91 Å². The van der Waals surface area contributed by atoms with Crippen LogP contribution in [0.4, 0.5) is 4.79 Å². The van der Waals surface area contributed by atoms with Gasteiger partial charge in [-0.3, -0.25) is 9.69 Å². The number of benzene rings is 2. The quantitative estimate of drug-likeness (QED) is 0.728. The smallest absolute Gasteiger partial charge is 0.410 e. The number of β-lactam (4-membered cyclic amide) rings is 1. The lowest BCUT2D eigenvalue weighted by atomic mass is 9.93. The van der Waals surface area contributed by atoms with Crippen LogP contribution in [0.15, 0.2) is 48.5 Å². The normalized spacial score (nSPS) is 22.4. The van der Waals surface area contributed by atoms with Crippen molar-refractivity contribution in [2.24, 2.45) is 0 Å². The van der Waals surface area contributed by atoms with Crippen LogP contribution in [-0.2, 0) is 22.7 Å². The number of carbonyl (C=O) groups is 2. The van der Waals surface area contributed by atoms with Crippen molar-refractivity contribution in [2.75, 3.05) is 20.8 Å². The van der Waals surface area contributed by atoms with Crippen LogP contribution in [0, 0.1) is 0 Å². The maximum absolute atomic E-state index is 12.8. The Kier molecular flexibility index (Phi) is 5.50. The zero-order chi connectivity index (χ0) is 21.3. The van der Waals surface area contributed by atoms with Crippen LogP contribution in [0.1, 0.15) is 11.1 Å². The number of rotatable bonds is 6. The summed E-state index contributed by atoms with van der Waals surface area (Å²) in [6.07, 6.45) is -1.42. The second-order valence-corrected chi connectivity index (χ2v) is 7.35. The van der Waals surface area contributed by atoms with E-state index in [0.29, 0.717) is 18.0 Å². The number of aliphatic hydroxyl groups excluding tert-OH is 1. The van der Waals surface area contributed by atoms with E-state index in [4.69, 9.17) is 14.2 Å². The lowest BCUT2D eigenvalue weighted by Gasteiger charge is -2.45. The third-order valence-electron chi connectivity index (χ3n) is 5.57. The molecule has 3 atom stereocenters. The predicted octanol–water partition coefficient (Wildman–Crippen LogP) is 1.80. The molecule has 2 aromatic carbocycles. The van der Waals surface area contributed by atoms with Gasteiger partial charge in [-0.05, 0) is 23.3 Å². The topological polar surface area (TPSA) is 88.5 Å². The SMILES string of the molecule is COc1ccc(CN2C(=O)[C@@H]3[C@H]2[C@H](O)CN3C(=O)OCc2ccccc2)cc1OC. The highest BCUT2D eigenvalue weighted by atomic mass is 16.6. The summed E-state index contributed by atoms with van der Waals surface area (Å²) in [5, 5.41) is 10.5. The minimum Gasteiger partial charge on any atom is -0.493 e. The Morgan fingerprint density at radius 1 is 1.07 bits per heavy atom. The number of hydrogen-bond donors (Lipinski definition) is 1. The number of β-amino-alcohol motifs (C(OH)–C–C–N with tert-alkyl or cyclic N) is 1. The van der Waals surface area contributed by atoms with Crippen molar-refractivity contribution in [1.82, 2.24) is 9.80 Å². The molecule has 30 heavy (non-hydrogen) atoms. The van der Waals surface area contributed by atoms with Gasteiger partial charge >= 0.3 is 6.09 Å². The highest BCUT2D eigenvalue weighted by molar-refractivity contribution is 5.93. The zero-order valence-electron chi connectivity index (χ0n) is 16.9. The molecule has 4 rings (SSSR count). The van der Waals surface area contributed by atoms with Crippen LogP contribution in [0.2, 0.25) is 0 Å². The zero-order valence-corrected chi connectivity index (χ0v) is 16.9. The third kappa shape index (κ3) is 3.54. The van der Waals surface area contributed by atoms with Crippen molar-refractivity contribution in [3.63, 3.8) is 0 Å². The summed E-state index contributed by atoms with van der Waals surface area (Å²) >= 11 is 0. The Hall–Kier alpha value is -3.26. The largest absolute Gasteiger partial charge is 0.493 e. The monoisotopic (exact) mass is 412 g/mol. The van der Waals surface area contributed by atoms with Crippen molar-refractivity contribution in [3.05, 3.63) is 59.7 Å². The number of ether oxygens (including phenoxy) is 3. The van der Waals surface area contributed by atoms with Gasteiger partial charge < -0.3 is 24.2 Å². The molecule has 0 saturated carbocycles. The van der Waals surface area contributed by atoms with Crippen molar-refractivity contribution in [3.8, 4) is 11.5 Å². The maximum Gasteiger partial charge on any atom is 0.410 e. The fraction of sp³-hybridized carbons (Fsp3) is 0.364. The number of methoxy groups -OCH3 is 2. The highest BCUT2D eigenvalue weighted by Crippen LogP contribution is 2.37. The molecule has 0 unspecified atom stereocenters. The van der Waals surface area contributed by atoms with Crippen molar-refractivity contribution >= 4 is 12.0 Å². The van der Waals surface area contributed by atoms with Crippen molar-refractivity contribution in [2.45, 2.75) is 31.3 Å². The van der Waals surface area contributed by atoms with Gasteiger partial charge in [0, 0.05) is 6.54 Å². The first-order valence-corrected chi connectivity index (χ1v) is 9.70. The van der Waals surface area contributed by atoms with Crippen LogP contribution < -0.4 is 9.47 Å². The molecule has 2 amide bonds. The minimum absolute atomic E-state index is 0.0666. The van der Waals surface area contributed by atoms with Crippen molar-refractivity contribution < 1.29 is 28.9 Å². The molecule has 0 spiro atoms. The first-order chi connectivity index (χ1) is 14.5. The van der Waals surface area contributed by atoms with Gasteiger partial charge in [0.05, 0.1) is 32.9 Å². The van der Waals surface area contributed by atoms with E-state index in [1.165, 1.54) is 4.90 Å². The van der Waals surface area contributed by atoms with Gasteiger partial charge in [-0.15, -0.1) is 0 Å². The Bertz CT molecular complexity index is 934. The lowest BCUT2D eigenvalue weighted by molar-refractivity contribution is -0.157. The number of fused-ring (bicyclic) bond motifs is 1. The minimum atomic E-state index is -0.822. The molecule has 2 aliphatic heterocycles. The standard InChI is InChI=1S/C22H24N2O6/c1-28-17-9-8-15(10-18(17)29-2)11-23-19-16(25)12-24(20(19)21(23)26)22(27)30-13-14-6-4-3-5-7-14/h3-10,16,19-20,25H,11-13H2,1-2H3/t16-,19-,20+/m1/s1. The summed E-state index contributed by atoms with van der Waals surface area (Å²) < 4.78 is 15.9. The molecular weight excluding hydrogens is 388 g/mol. The van der Waals surface area contributed by atoms with Crippen LogP contribution in [0.5, 0.6) is 11.5 Å². The van der Waals surface area contributed by atoms with Crippen LogP contribution in [0.3, 0.4) is 0 Å². The maximum atomic E-state index is 12.8. The molecule has 158 valence electrons. The molecule has 2 aromatic rings. The molecular formula is C22H24N2O6. The average molecular weight is 412 g/mol. The van der Waals surface area contributed by atoms with Gasteiger partial charge in [-0.25, -0.2) is 4.79 Å². The molecule has 8 heteroatoms. The number of amides is 2. The molecule has 0 aliphatic carbocycles. The van der Waals surface area contributed by atoms with E-state index in [1.807, 2.05) is 36.4 Å². The summed E-state index contributed by atoms with van der Waals surface area (Å²) in [7, 11) is 3.10. The Labute approximate surface area is 174 Å². The molecule has 0 radical (unpaired) electrons. The summed E-state index contributed by atoms with van der Waals surface area (Å²) in [5.74, 6) is 0.961. The van der Waals surface area contributed by atoms with Crippen LogP contribution in [-0.4, -0.2) is 65.9 Å². The first kappa shape index (κ1) is 20.0. The molecule has 1 N–H and O–H groups in total. The Morgan fingerprint density at radius 3 is 2.50 bits per heavy atom. The van der Waals surface area contributed by atoms with E-state index in [9.17, 15) is 14.7 Å². The number of hydrogen-bond acceptors (Lipinski definition) is 6. The van der Waals surface area contributed by atoms with E-state index in [0.717, 1.165) is 11.1 Å². The molecule has 2 saturated heterocycles. The van der Waals surface area contributed by atoms with Gasteiger partial charge in [-0.1, -0.05) is 36.4 Å². The number of aliphatic hydroxyl groups is 1. The Balaban J connectivity index is 1.41. The fourth-order valence-electron chi connectivity index (χ4n) is 4.06. The third-order valence-corrected chi connectivity index (χ3v) is 5.57. The number of likely N-dealkylation sites (tertiary alicyclic amines) is 2. The van der Waals surface area contributed by atoms with E-state index >= 15 is 0 Å². The van der Waals surface area contributed by atoms with Gasteiger partial charge in [0.15, 0.2) is 11.5 Å². The lowest BCUT2D eigenvalue weighted by Crippen LogP contribution is -2.68. The molecule has 2 heterocycles. The van der Waals surface area contributed by atoms with Crippen LogP contribution in [0.25, 0.3) is 0 Å². The fourth-order valence-corrected chi connectivity index (χ4v) is 4.06. The van der Waals surface area contributed by atoms with E-state index in [-0.39, 0.29) is 19.1 Å². The van der Waals surface area contributed by atoms with E-state index < -0.39 is 24.3 Å². The first-order valence-electron chi connectivity index (χ1n) is 9.70. The molecule has 0 aromatic heterocycles. The predicted molar refractivity (Wildman–Crippen MR) is 107 cm³/mol. The molecule has 0 bridgehead atoms. The van der Waals surface area contributed by atoms with Gasteiger partial charge in [-0.2, -0.15) is 0 Å². The molecule has 2 aliphatic rings. The molecule has 8 nitrogen and oxygen atoms in total. The summed E-state index contributed by atoms with van der Waals surface area (Å²) in [4.78, 5) is 28.2. The van der Waals surface area contributed by atoms with Crippen LogP contribution >= 0.6 is 0 Å². The van der Waals surface area contributed by atoms with E-state index in [1.54, 1.807) is 31.3 Å². The second kappa shape index (κ2) is 8.23. The second-order valence-electron chi connectivity index (χ2n) is 7.35. The Morgan fingerprint density at radius 2 is 1.80 bits per heavy atom. The van der Waals surface area contributed by atoms with E-state index in [2.05, 4.69) is 0 Å². The summed E-state index contributed by atoms with van der Waals surface area (Å²) in [6, 6.07) is 13.6.